The van der Waals surface area contributed by atoms with E-state index in [-0.39, 0.29) is 11.9 Å². The van der Waals surface area contributed by atoms with Gasteiger partial charge in [-0.05, 0) is 35.7 Å². The van der Waals surface area contributed by atoms with Crippen molar-refractivity contribution in [2.45, 2.75) is 39.2 Å². The second kappa shape index (κ2) is 12.4. The Labute approximate surface area is 216 Å². The maximum absolute atomic E-state index is 12.2. The Kier molecular flexibility index (Phi) is 9.02. The average Bonchev–Trinajstić information content (AvgIpc) is 2.81. The molecule has 0 N–H and O–H groups in total. The van der Waals surface area contributed by atoms with E-state index >= 15 is 0 Å². The average molecular weight is 514 g/mol. The van der Waals surface area contributed by atoms with E-state index in [1.807, 2.05) is 38.1 Å². The van der Waals surface area contributed by atoms with Gasteiger partial charge in [-0.1, -0.05) is 31.5 Å². The molecule has 7 nitrogen and oxygen atoms in total. The number of ether oxygens (including phenoxy) is 5. The molecule has 2 aromatic carbocycles. The van der Waals surface area contributed by atoms with E-state index in [1.54, 1.807) is 25.4 Å². The standard InChI is InChI=1S/C28H32ClNO6/c1-18(2)11-20(31)12-19-5-6-21(13-24(19)29)36-26-7-8-30-25-15-28(27(32-3)14-23(25)26)35-10-4-9-34-22-16-33-17-22/h5-8,13-15,18,22H,4,9-12,16-17H2,1-3H3. The Balaban J connectivity index is 1.44. The number of benzene rings is 2. The number of aromatic nitrogens is 1. The number of ketones is 1. The fourth-order valence-electron chi connectivity index (χ4n) is 3.89. The lowest BCUT2D eigenvalue weighted by atomic mass is 10.0. The Morgan fingerprint density at radius 1 is 1.11 bits per heavy atom. The van der Waals surface area contributed by atoms with Crippen LogP contribution in [-0.2, 0) is 20.7 Å². The number of halogens is 1. The van der Waals surface area contributed by atoms with Gasteiger partial charge in [0.2, 0.25) is 0 Å². The number of hydrogen-bond donors (Lipinski definition) is 0. The third-order valence-corrected chi connectivity index (χ3v) is 6.12. The van der Waals surface area contributed by atoms with Crippen LogP contribution in [0, 0.1) is 5.92 Å². The van der Waals surface area contributed by atoms with E-state index in [9.17, 15) is 4.79 Å². The Morgan fingerprint density at radius 3 is 2.64 bits per heavy atom. The third kappa shape index (κ3) is 6.87. The Hall–Kier alpha value is -2.87. The van der Waals surface area contributed by atoms with Crippen LogP contribution in [0.4, 0.5) is 0 Å². The van der Waals surface area contributed by atoms with Gasteiger partial charge in [0.1, 0.15) is 23.4 Å². The molecule has 0 bridgehead atoms. The van der Waals surface area contributed by atoms with Gasteiger partial charge >= 0.3 is 0 Å². The van der Waals surface area contributed by atoms with Crippen molar-refractivity contribution >= 4 is 28.3 Å². The molecule has 1 aliphatic rings. The van der Waals surface area contributed by atoms with E-state index in [4.69, 9.17) is 35.3 Å². The molecule has 8 heteroatoms. The molecule has 0 aliphatic carbocycles. The van der Waals surface area contributed by atoms with Crippen LogP contribution in [0.5, 0.6) is 23.0 Å². The molecule has 0 atom stereocenters. The number of pyridine rings is 1. The van der Waals surface area contributed by atoms with E-state index in [0.717, 1.165) is 17.4 Å². The molecule has 1 aromatic heterocycles. The number of nitrogens with zero attached hydrogens (tertiary/aromatic N) is 1. The van der Waals surface area contributed by atoms with Gasteiger partial charge < -0.3 is 23.7 Å². The highest BCUT2D eigenvalue weighted by Gasteiger charge is 2.18. The number of carbonyl (C=O) groups excluding carboxylic acids is 1. The monoisotopic (exact) mass is 513 g/mol. The van der Waals surface area contributed by atoms with Gasteiger partial charge in [-0.25, -0.2) is 0 Å². The van der Waals surface area contributed by atoms with Crippen LogP contribution < -0.4 is 14.2 Å². The first-order valence-corrected chi connectivity index (χ1v) is 12.6. The van der Waals surface area contributed by atoms with Crippen molar-refractivity contribution in [2.24, 2.45) is 5.92 Å². The van der Waals surface area contributed by atoms with Gasteiger partial charge in [0, 0.05) is 41.9 Å². The van der Waals surface area contributed by atoms with E-state index < -0.39 is 0 Å². The largest absolute Gasteiger partial charge is 0.493 e. The van der Waals surface area contributed by atoms with Crippen molar-refractivity contribution in [3.8, 4) is 23.0 Å². The molecule has 4 rings (SSSR count). The molecule has 3 aromatic rings. The summed E-state index contributed by atoms with van der Waals surface area (Å²) in [6.45, 7) is 6.51. The minimum absolute atomic E-state index is 0.173. The molecule has 1 aliphatic heterocycles. The molecular weight excluding hydrogens is 482 g/mol. The maximum atomic E-state index is 12.2. The van der Waals surface area contributed by atoms with Crippen molar-refractivity contribution in [3.05, 3.63) is 53.2 Å². The van der Waals surface area contributed by atoms with Crippen molar-refractivity contribution in [2.75, 3.05) is 33.5 Å². The van der Waals surface area contributed by atoms with Crippen LogP contribution in [0.15, 0.2) is 42.6 Å². The smallest absolute Gasteiger partial charge is 0.163 e. The normalized spacial score (nSPS) is 13.6. The highest BCUT2D eigenvalue weighted by Crippen LogP contribution is 2.37. The predicted octanol–water partition coefficient (Wildman–Crippen LogP) is 6.03. The molecule has 0 radical (unpaired) electrons. The summed E-state index contributed by atoms with van der Waals surface area (Å²) in [5.41, 5.74) is 1.51. The van der Waals surface area contributed by atoms with Crippen LogP contribution in [-0.4, -0.2) is 50.4 Å². The van der Waals surface area contributed by atoms with Gasteiger partial charge in [-0.15, -0.1) is 0 Å². The fraction of sp³-hybridized carbons (Fsp3) is 0.429. The molecule has 36 heavy (non-hydrogen) atoms. The second-order valence-corrected chi connectivity index (χ2v) is 9.64. The maximum Gasteiger partial charge on any atom is 0.163 e. The summed E-state index contributed by atoms with van der Waals surface area (Å²) < 4.78 is 28.5. The number of fused-ring (bicyclic) bond motifs is 1. The first-order chi connectivity index (χ1) is 17.4. The van der Waals surface area contributed by atoms with Crippen LogP contribution >= 0.6 is 11.6 Å². The van der Waals surface area contributed by atoms with Crippen molar-refractivity contribution in [1.82, 2.24) is 4.98 Å². The summed E-state index contributed by atoms with van der Waals surface area (Å²) in [7, 11) is 1.60. The summed E-state index contributed by atoms with van der Waals surface area (Å²) >= 11 is 6.47. The van der Waals surface area contributed by atoms with E-state index in [1.165, 1.54) is 0 Å². The van der Waals surface area contributed by atoms with Crippen molar-refractivity contribution < 1.29 is 28.5 Å². The summed E-state index contributed by atoms with van der Waals surface area (Å²) in [5.74, 6) is 2.88. The number of Topliss-reactive ketones (excluding diaryl/α,β-unsaturated/α-hetero) is 1. The fourth-order valence-corrected chi connectivity index (χ4v) is 4.13. The lowest BCUT2D eigenvalue weighted by Gasteiger charge is -2.25. The molecule has 0 saturated carbocycles. The van der Waals surface area contributed by atoms with Gasteiger partial charge in [0.25, 0.3) is 0 Å². The number of carbonyl (C=O) groups is 1. The Bertz CT molecular complexity index is 1190. The third-order valence-electron chi connectivity index (χ3n) is 5.77. The molecular formula is C28H32ClNO6. The number of hydrogen-bond acceptors (Lipinski definition) is 7. The molecule has 192 valence electrons. The number of rotatable bonds is 13. The van der Waals surface area contributed by atoms with Crippen LogP contribution in [0.1, 0.15) is 32.3 Å². The number of methoxy groups -OCH3 is 1. The quantitative estimate of drug-likeness (QED) is 0.258. The molecule has 1 saturated heterocycles. The molecule has 2 heterocycles. The molecule has 1 fully saturated rings. The lowest BCUT2D eigenvalue weighted by Crippen LogP contribution is -2.36. The minimum atomic E-state index is 0.173. The zero-order valence-electron chi connectivity index (χ0n) is 20.9. The first-order valence-electron chi connectivity index (χ1n) is 12.2. The molecule has 0 unspecified atom stereocenters. The molecule has 0 spiro atoms. The van der Waals surface area contributed by atoms with E-state index in [0.29, 0.717) is 78.7 Å². The van der Waals surface area contributed by atoms with Crippen LogP contribution in [0.3, 0.4) is 0 Å². The van der Waals surface area contributed by atoms with Gasteiger partial charge in [0.15, 0.2) is 11.5 Å². The zero-order valence-corrected chi connectivity index (χ0v) is 21.7. The van der Waals surface area contributed by atoms with Crippen LogP contribution in [0.25, 0.3) is 10.9 Å². The van der Waals surface area contributed by atoms with Gasteiger partial charge in [0.05, 0.1) is 39.1 Å². The Morgan fingerprint density at radius 2 is 1.94 bits per heavy atom. The second-order valence-electron chi connectivity index (χ2n) is 9.23. The predicted molar refractivity (Wildman–Crippen MR) is 139 cm³/mol. The topological polar surface area (TPSA) is 76.1 Å². The zero-order chi connectivity index (χ0) is 25.5. The summed E-state index contributed by atoms with van der Waals surface area (Å²) in [5, 5.41) is 1.28. The van der Waals surface area contributed by atoms with E-state index in [2.05, 4.69) is 4.98 Å². The first kappa shape index (κ1) is 26.2. The van der Waals surface area contributed by atoms with Crippen molar-refractivity contribution in [3.63, 3.8) is 0 Å². The lowest BCUT2D eigenvalue weighted by molar-refractivity contribution is -0.130. The summed E-state index contributed by atoms with van der Waals surface area (Å²) in [6.07, 6.45) is 3.50. The SMILES string of the molecule is COc1cc2c(Oc3ccc(CC(=O)CC(C)C)c(Cl)c3)ccnc2cc1OCCCOC1COC1. The summed E-state index contributed by atoms with van der Waals surface area (Å²) in [4.78, 5) is 16.7. The highest BCUT2D eigenvalue weighted by atomic mass is 35.5. The highest BCUT2D eigenvalue weighted by molar-refractivity contribution is 6.31. The minimum Gasteiger partial charge on any atom is -0.493 e. The van der Waals surface area contributed by atoms with Gasteiger partial charge in [-0.3, -0.25) is 9.78 Å². The molecule has 0 amide bonds. The summed E-state index contributed by atoms with van der Waals surface area (Å²) in [6, 6.07) is 10.9. The van der Waals surface area contributed by atoms with Crippen molar-refractivity contribution in [1.29, 1.82) is 0 Å². The van der Waals surface area contributed by atoms with Gasteiger partial charge in [-0.2, -0.15) is 0 Å². The van der Waals surface area contributed by atoms with Crippen LogP contribution in [0.2, 0.25) is 5.02 Å².